The highest BCUT2D eigenvalue weighted by molar-refractivity contribution is 7.13. The van der Waals surface area contributed by atoms with E-state index in [0.29, 0.717) is 6.54 Å². The van der Waals surface area contributed by atoms with Crippen molar-refractivity contribution in [1.29, 1.82) is 0 Å². The number of anilines is 1. The molecule has 0 radical (unpaired) electrons. The standard InChI is InChI=1S/C8H14N4S/c9-5-7-6-13-8(11-7)12-3-1-10-2-4-12/h6,10H,1-5,9H2. The van der Waals surface area contributed by atoms with Crippen molar-refractivity contribution < 1.29 is 0 Å². The zero-order valence-corrected chi connectivity index (χ0v) is 8.31. The van der Waals surface area contributed by atoms with E-state index in [1.54, 1.807) is 11.3 Å². The summed E-state index contributed by atoms with van der Waals surface area (Å²) >= 11 is 1.69. The fourth-order valence-corrected chi connectivity index (χ4v) is 2.28. The highest BCUT2D eigenvalue weighted by Gasteiger charge is 2.13. The van der Waals surface area contributed by atoms with Crippen molar-refractivity contribution in [2.24, 2.45) is 5.73 Å². The number of nitrogens with one attached hydrogen (secondary N) is 1. The van der Waals surface area contributed by atoms with Crippen LogP contribution >= 0.6 is 11.3 Å². The third-order valence-corrected chi connectivity index (χ3v) is 3.09. The van der Waals surface area contributed by atoms with Crippen LogP contribution in [0.3, 0.4) is 0 Å². The summed E-state index contributed by atoms with van der Waals surface area (Å²) in [7, 11) is 0. The molecule has 0 aromatic carbocycles. The minimum Gasteiger partial charge on any atom is -0.346 e. The lowest BCUT2D eigenvalue weighted by Gasteiger charge is -2.26. The zero-order valence-electron chi connectivity index (χ0n) is 7.49. The molecule has 1 aromatic rings. The number of nitrogens with zero attached hydrogens (tertiary/aromatic N) is 2. The molecule has 2 rings (SSSR count). The van der Waals surface area contributed by atoms with Gasteiger partial charge < -0.3 is 16.0 Å². The fraction of sp³-hybridized carbons (Fsp3) is 0.625. The molecule has 0 aliphatic carbocycles. The molecule has 5 heteroatoms. The van der Waals surface area contributed by atoms with Crippen molar-refractivity contribution in [3.8, 4) is 0 Å². The van der Waals surface area contributed by atoms with Gasteiger partial charge in [0.05, 0.1) is 5.69 Å². The van der Waals surface area contributed by atoms with Crippen LogP contribution in [0.1, 0.15) is 5.69 Å². The Morgan fingerprint density at radius 3 is 2.92 bits per heavy atom. The lowest BCUT2D eigenvalue weighted by atomic mass is 10.4. The van der Waals surface area contributed by atoms with Gasteiger partial charge in [-0.15, -0.1) is 11.3 Å². The van der Waals surface area contributed by atoms with Crippen LogP contribution in [-0.4, -0.2) is 31.2 Å². The molecular weight excluding hydrogens is 184 g/mol. The second kappa shape index (κ2) is 4.04. The number of piperazine rings is 1. The largest absolute Gasteiger partial charge is 0.346 e. The molecular formula is C8H14N4S. The van der Waals surface area contributed by atoms with Gasteiger partial charge in [0.25, 0.3) is 0 Å². The summed E-state index contributed by atoms with van der Waals surface area (Å²) in [4.78, 5) is 6.75. The zero-order chi connectivity index (χ0) is 9.10. The summed E-state index contributed by atoms with van der Waals surface area (Å²) < 4.78 is 0. The molecule has 1 fully saturated rings. The number of thiazole rings is 1. The molecule has 2 heterocycles. The van der Waals surface area contributed by atoms with Crippen molar-refractivity contribution in [3.63, 3.8) is 0 Å². The van der Waals surface area contributed by atoms with Gasteiger partial charge in [-0.25, -0.2) is 4.98 Å². The normalized spacial score (nSPS) is 17.8. The molecule has 0 unspecified atom stereocenters. The number of rotatable bonds is 2. The summed E-state index contributed by atoms with van der Waals surface area (Å²) in [5, 5.41) is 6.47. The molecule has 1 saturated heterocycles. The average Bonchev–Trinajstić information content (AvgIpc) is 2.67. The lowest BCUT2D eigenvalue weighted by Crippen LogP contribution is -2.43. The van der Waals surface area contributed by atoms with Crippen LogP contribution in [-0.2, 0) is 6.54 Å². The third-order valence-electron chi connectivity index (χ3n) is 2.14. The molecule has 0 amide bonds. The maximum Gasteiger partial charge on any atom is 0.185 e. The molecule has 0 spiro atoms. The van der Waals surface area contributed by atoms with E-state index in [4.69, 9.17) is 5.73 Å². The van der Waals surface area contributed by atoms with Gasteiger partial charge in [-0.3, -0.25) is 0 Å². The third kappa shape index (κ3) is 1.99. The predicted octanol–water partition coefficient (Wildman–Crippen LogP) is 0.0114. The van der Waals surface area contributed by atoms with Crippen LogP contribution < -0.4 is 16.0 Å². The summed E-state index contributed by atoms with van der Waals surface area (Å²) in [6, 6.07) is 0. The van der Waals surface area contributed by atoms with Crippen molar-refractivity contribution in [1.82, 2.24) is 10.3 Å². The molecule has 3 N–H and O–H groups in total. The SMILES string of the molecule is NCc1csc(N2CCNCC2)n1. The quantitative estimate of drug-likeness (QED) is 0.703. The molecule has 72 valence electrons. The number of hydrogen-bond donors (Lipinski definition) is 2. The number of nitrogens with two attached hydrogens (primary N) is 1. The highest BCUT2D eigenvalue weighted by atomic mass is 32.1. The Morgan fingerprint density at radius 1 is 1.54 bits per heavy atom. The Balaban J connectivity index is 2.05. The van der Waals surface area contributed by atoms with E-state index >= 15 is 0 Å². The summed E-state index contributed by atoms with van der Waals surface area (Å²) in [5.74, 6) is 0. The average molecular weight is 198 g/mol. The number of aromatic nitrogens is 1. The van der Waals surface area contributed by atoms with Gasteiger partial charge in [-0.2, -0.15) is 0 Å². The van der Waals surface area contributed by atoms with Crippen LogP contribution in [0.25, 0.3) is 0 Å². The monoisotopic (exact) mass is 198 g/mol. The fourth-order valence-electron chi connectivity index (χ4n) is 1.39. The highest BCUT2D eigenvalue weighted by Crippen LogP contribution is 2.20. The van der Waals surface area contributed by atoms with E-state index in [-0.39, 0.29) is 0 Å². The molecule has 0 saturated carbocycles. The number of hydrogen-bond acceptors (Lipinski definition) is 5. The van der Waals surface area contributed by atoms with E-state index < -0.39 is 0 Å². The first-order chi connectivity index (χ1) is 6.40. The molecule has 1 aliphatic heterocycles. The van der Waals surface area contributed by atoms with Crippen LogP contribution in [0.5, 0.6) is 0 Å². The van der Waals surface area contributed by atoms with Crippen molar-refractivity contribution >= 4 is 16.5 Å². The van der Waals surface area contributed by atoms with Gasteiger partial charge in [-0.1, -0.05) is 0 Å². The minimum absolute atomic E-state index is 0.544. The lowest BCUT2D eigenvalue weighted by molar-refractivity contribution is 0.588. The van der Waals surface area contributed by atoms with Gasteiger partial charge in [-0.05, 0) is 0 Å². The Morgan fingerprint density at radius 2 is 2.31 bits per heavy atom. The Bertz CT molecular complexity index is 267. The molecule has 1 aliphatic rings. The van der Waals surface area contributed by atoms with Crippen molar-refractivity contribution in [2.45, 2.75) is 6.54 Å². The topological polar surface area (TPSA) is 54.2 Å². The van der Waals surface area contributed by atoms with E-state index in [1.807, 2.05) is 5.38 Å². The maximum atomic E-state index is 5.51. The van der Waals surface area contributed by atoms with E-state index in [1.165, 1.54) is 0 Å². The molecule has 0 bridgehead atoms. The molecule has 0 atom stereocenters. The van der Waals surface area contributed by atoms with Gasteiger partial charge in [0.1, 0.15) is 0 Å². The van der Waals surface area contributed by atoms with Crippen molar-refractivity contribution in [3.05, 3.63) is 11.1 Å². The first-order valence-electron chi connectivity index (χ1n) is 4.50. The Hall–Kier alpha value is -0.650. The maximum absolute atomic E-state index is 5.51. The van der Waals surface area contributed by atoms with Crippen LogP contribution in [0.15, 0.2) is 5.38 Å². The van der Waals surface area contributed by atoms with Crippen LogP contribution in [0.2, 0.25) is 0 Å². The van der Waals surface area contributed by atoms with E-state index in [0.717, 1.165) is 37.0 Å². The summed E-state index contributed by atoms with van der Waals surface area (Å²) in [6.07, 6.45) is 0. The van der Waals surface area contributed by atoms with Crippen LogP contribution in [0.4, 0.5) is 5.13 Å². The van der Waals surface area contributed by atoms with E-state index in [2.05, 4.69) is 15.2 Å². The second-order valence-electron chi connectivity index (χ2n) is 3.06. The van der Waals surface area contributed by atoms with Crippen molar-refractivity contribution in [2.75, 3.05) is 31.1 Å². The van der Waals surface area contributed by atoms with Gasteiger partial charge >= 0.3 is 0 Å². The minimum atomic E-state index is 0.544. The van der Waals surface area contributed by atoms with Gasteiger partial charge in [0.15, 0.2) is 5.13 Å². The predicted molar refractivity (Wildman–Crippen MR) is 55.1 cm³/mol. The van der Waals surface area contributed by atoms with Crippen LogP contribution in [0, 0.1) is 0 Å². The molecule has 4 nitrogen and oxygen atoms in total. The molecule has 1 aromatic heterocycles. The van der Waals surface area contributed by atoms with Gasteiger partial charge in [0, 0.05) is 38.1 Å². The second-order valence-corrected chi connectivity index (χ2v) is 3.90. The first kappa shape index (κ1) is 8.93. The Kier molecular flexibility index (Phi) is 2.77. The van der Waals surface area contributed by atoms with Gasteiger partial charge in [0.2, 0.25) is 0 Å². The summed E-state index contributed by atoms with van der Waals surface area (Å²) in [6.45, 7) is 4.76. The first-order valence-corrected chi connectivity index (χ1v) is 5.38. The van der Waals surface area contributed by atoms with E-state index in [9.17, 15) is 0 Å². The smallest absolute Gasteiger partial charge is 0.185 e. The molecule has 13 heavy (non-hydrogen) atoms. The summed E-state index contributed by atoms with van der Waals surface area (Å²) in [5.41, 5.74) is 6.50. The Labute approximate surface area is 81.8 Å².